The molecule has 0 aromatic rings. The molecule has 1 atom stereocenters. The lowest BCUT2D eigenvalue weighted by Crippen LogP contribution is -2.33. The van der Waals surface area contributed by atoms with Crippen molar-refractivity contribution in [3.8, 4) is 0 Å². The van der Waals surface area contributed by atoms with Gasteiger partial charge in [-0.3, -0.25) is 4.79 Å². The molecular formula is C7H13IO2SSi. The molecule has 0 aromatic carbocycles. The molecule has 0 fully saturated rings. The fourth-order valence-corrected chi connectivity index (χ4v) is 1.61. The van der Waals surface area contributed by atoms with Crippen LogP contribution in [0.1, 0.15) is 6.92 Å². The first-order valence-corrected chi connectivity index (χ1v) is 8.56. The lowest BCUT2D eigenvalue weighted by atomic mass is 10.2. The van der Waals surface area contributed by atoms with Gasteiger partial charge in [-0.05, 0) is 49.2 Å². The first-order valence-electron chi connectivity index (χ1n) is 3.66. The molecule has 1 unspecified atom stereocenters. The van der Waals surface area contributed by atoms with Crippen molar-refractivity contribution in [3.05, 3.63) is 0 Å². The van der Waals surface area contributed by atoms with Crippen molar-refractivity contribution in [1.82, 2.24) is 0 Å². The number of rotatable bonds is 3. The fraction of sp³-hybridized carbons (Fsp3) is 0.714. The monoisotopic (exact) mass is 316 g/mol. The molecule has 2 nitrogen and oxygen atoms in total. The molecule has 0 saturated heterocycles. The van der Waals surface area contributed by atoms with Crippen molar-refractivity contribution in [2.75, 3.05) is 0 Å². The summed E-state index contributed by atoms with van der Waals surface area (Å²) in [5.74, 6) is -0.444. The third-order valence-corrected chi connectivity index (χ3v) is 3.20. The van der Waals surface area contributed by atoms with E-state index in [9.17, 15) is 4.79 Å². The van der Waals surface area contributed by atoms with Gasteiger partial charge < -0.3 is 4.43 Å². The molecule has 12 heavy (non-hydrogen) atoms. The van der Waals surface area contributed by atoms with E-state index in [2.05, 4.69) is 0 Å². The second kappa shape index (κ2) is 4.66. The van der Waals surface area contributed by atoms with Gasteiger partial charge in [-0.15, -0.1) is 0 Å². The summed E-state index contributed by atoms with van der Waals surface area (Å²) in [5.41, 5.74) is 0. The summed E-state index contributed by atoms with van der Waals surface area (Å²) in [5, 5.41) is 0. The van der Waals surface area contributed by atoms with Crippen LogP contribution in [-0.2, 0) is 9.22 Å². The normalized spacial score (nSPS) is 13.8. The predicted octanol–water partition coefficient (Wildman–Crippen LogP) is 2.76. The van der Waals surface area contributed by atoms with Crippen LogP contribution in [0.25, 0.3) is 0 Å². The second-order valence-corrected chi connectivity index (χ2v) is 10.3. The smallest absolute Gasteiger partial charge is 0.301 e. The van der Waals surface area contributed by atoms with Gasteiger partial charge in [-0.1, -0.05) is 12.2 Å². The molecule has 0 radical (unpaired) electrons. The Balaban J connectivity index is 4.15. The highest BCUT2D eigenvalue weighted by Gasteiger charge is 2.25. The van der Waals surface area contributed by atoms with Crippen molar-refractivity contribution in [1.29, 1.82) is 0 Å². The Hall–Kier alpha value is 0.507. The quantitative estimate of drug-likeness (QED) is 0.347. The van der Waals surface area contributed by atoms with E-state index in [1.54, 1.807) is 6.92 Å². The maximum Gasteiger partial charge on any atom is 0.301 e. The predicted molar refractivity (Wildman–Crippen MR) is 65.2 cm³/mol. The molecule has 0 N–H and O–H groups in total. The minimum absolute atomic E-state index is 0.187. The Kier molecular flexibility index (Phi) is 4.86. The zero-order chi connectivity index (χ0) is 9.94. The molecule has 70 valence electrons. The summed E-state index contributed by atoms with van der Waals surface area (Å²) >= 11 is 6.87. The van der Waals surface area contributed by atoms with Crippen LogP contribution < -0.4 is 0 Å². The minimum Gasteiger partial charge on any atom is -0.519 e. The summed E-state index contributed by atoms with van der Waals surface area (Å²) in [6.07, 6.45) is 0. The largest absolute Gasteiger partial charge is 0.519 e. The van der Waals surface area contributed by atoms with Crippen molar-refractivity contribution in [2.24, 2.45) is 5.92 Å². The van der Waals surface area contributed by atoms with Crippen molar-refractivity contribution in [3.63, 3.8) is 0 Å². The Bertz CT molecular complexity index is 200. The molecular weight excluding hydrogens is 303 g/mol. The van der Waals surface area contributed by atoms with Crippen LogP contribution in [0.4, 0.5) is 0 Å². The molecule has 0 amide bonds. The SMILES string of the molecule is CC(C(=O)O[Si](C)(C)C)C(=S)I. The Morgan fingerprint density at radius 1 is 1.50 bits per heavy atom. The summed E-state index contributed by atoms with van der Waals surface area (Å²) in [7, 11) is -1.74. The number of carbonyl (C=O) groups excluding carboxylic acids is 1. The lowest BCUT2D eigenvalue weighted by molar-refractivity contribution is -0.136. The van der Waals surface area contributed by atoms with E-state index in [4.69, 9.17) is 16.6 Å². The van der Waals surface area contributed by atoms with Crippen LogP contribution >= 0.6 is 34.8 Å². The van der Waals surface area contributed by atoms with Gasteiger partial charge in [-0.25, -0.2) is 0 Å². The van der Waals surface area contributed by atoms with E-state index in [1.807, 2.05) is 42.2 Å². The topological polar surface area (TPSA) is 26.3 Å². The van der Waals surface area contributed by atoms with Crippen LogP contribution in [0.3, 0.4) is 0 Å². The maximum atomic E-state index is 11.3. The number of hydrogen-bond donors (Lipinski definition) is 0. The van der Waals surface area contributed by atoms with Crippen LogP contribution in [0.2, 0.25) is 19.6 Å². The molecule has 0 rings (SSSR count). The minimum atomic E-state index is -1.74. The molecule has 0 aliphatic rings. The van der Waals surface area contributed by atoms with Gasteiger partial charge in [0.05, 0.1) is 8.79 Å². The van der Waals surface area contributed by atoms with Gasteiger partial charge in [0.2, 0.25) is 8.32 Å². The highest BCUT2D eigenvalue weighted by atomic mass is 127. The average molecular weight is 316 g/mol. The first-order chi connectivity index (χ1) is 5.24. The van der Waals surface area contributed by atoms with E-state index in [-0.39, 0.29) is 11.9 Å². The average Bonchev–Trinajstić information content (AvgIpc) is 1.82. The third kappa shape index (κ3) is 5.21. The van der Waals surface area contributed by atoms with E-state index < -0.39 is 8.32 Å². The summed E-state index contributed by atoms with van der Waals surface area (Å²) in [6.45, 7) is 7.72. The van der Waals surface area contributed by atoms with Gasteiger partial charge in [-0.2, -0.15) is 0 Å². The lowest BCUT2D eigenvalue weighted by Gasteiger charge is -2.19. The van der Waals surface area contributed by atoms with Crippen LogP contribution in [0, 0.1) is 5.92 Å². The number of carbonyl (C=O) groups is 1. The standard InChI is InChI=1S/C7H13IO2SSi/c1-5(6(8)11)7(9)10-12(2,3)4/h5H,1-4H3. The number of thiocarbonyl (C=S) groups is 1. The first kappa shape index (κ1) is 12.5. The number of hydrogen-bond acceptors (Lipinski definition) is 3. The van der Waals surface area contributed by atoms with Gasteiger partial charge in [0.15, 0.2) is 0 Å². The van der Waals surface area contributed by atoms with Crippen molar-refractivity contribution < 1.29 is 9.22 Å². The molecule has 0 bridgehead atoms. The van der Waals surface area contributed by atoms with E-state index in [1.165, 1.54) is 0 Å². The van der Waals surface area contributed by atoms with Crippen molar-refractivity contribution >= 4 is 52.0 Å². The van der Waals surface area contributed by atoms with Gasteiger partial charge in [0.25, 0.3) is 0 Å². The third-order valence-electron chi connectivity index (χ3n) is 1.10. The Morgan fingerprint density at radius 2 is 1.92 bits per heavy atom. The highest BCUT2D eigenvalue weighted by molar-refractivity contribution is 14.1. The van der Waals surface area contributed by atoms with Crippen LogP contribution in [0.15, 0.2) is 0 Å². The summed E-state index contributed by atoms with van der Waals surface area (Å²) < 4.78 is 5.93. The second-order valence-electron chi connectivity index (χ2n) is 3.56. The van der Waals surface area contributed by atoms with E-state index in [0.29, 0.717) is 2.87 Å². The Labute approximate surface area is 93.3 Å². The maximum absolute atomic E-state index is 11.3. The zero-order valence-corrected chi connectivity index (χ0v) is 11.7. The molecule has 0 aliphatic heterocycles. The van der Waals surface area contributed by atoms with Crippen molar-refractivity contribution in [2.45, 2.75) is 26.6 Å². The summed E-state index contributed by atoms with van der Waals surface area (Å²) in [6, 6.07) is 0. The van der Waals surface area contributed by atoms with Gasteiger partial charge in [0.1, 0.15) is 0 Å². The summed E-state index contributed by atoms with van der Waals surface area (Å²) in [4.78, 5) is 11.3. The molecule has 0 aromatic heterocycles. The molecule has 5 heteroatoms. The molecule has 0 saturated carbocycles. The molecule has 0 spiro atoms. The van der Waals surface area contributed by atoms with E-state index >= 15 is 0 Å². The molecule has 0 heterocycles. The van der Waals surface area contributed by atoms with Crippen LogP contribution in [-0.4, -0.2) is 17.2 Å². The molecule has 0 aliphatic carbocycles. The van der Waals surface area contributed by atoms with E-state index in [0.717, 1.165) is 0 Å². The highest BCUT2D eigenvalue weighted by Crippen LogP contribution is 2.12. The Morgan fingerprint density at radius 3 is 2.17 bits per heavy atom. The van der Waals surface area contributed by atoms with Gasteiger partial charge in [0, 0.05) is 0 Å². The number of halogens is 1. The van der Waals surface area contributed by atoms with Gasteiger partial charge >= 0.3 is 5.97 Å². The fourth-order valence-electron chi connectivity index (χ4n) is 0.483. The zero-order valence-electron chi connectivity index (χ0n) is 7.68. The van der Waals surface area contributed by atoms with Crippen LogP contribution in [0.5, 0.6) is 0 Å².